The van der Waals surface area contributed by atoms with Gasteiger partial charge in [-0.3, -0.25) is 4.79 Å². The third-order valence-electron chi connectivity index (χ3n) is 2.05. The van der Waals surface area contributed by atoms with Crippen LogP contribution < -0.4 is 0 Å². The molecule has 2 aromatic heterocycles. The van der Waals surface area contributed by atoms with Crippen LogP contribution in [0.4, 0.5) is 0 Å². The fourth-order valence-corrected chi connectivity index (χ4v) is 1.27. The summed E-state index contributed by atoms with van der Waals surface area (Å²) in [5, 5.41) is 7.32. The zero-order valence-corrected chi connectivity index (χ0v) is 15.0. The molecule has 0 aromatic carbocycles. The van der Waals surface area contributed by atoms with Gasteiger partial charge in [-0.25, -0.2) is 9.97 Å². The predicted molar refractivity (Wildman–Crippen MR) is 78.7 cm³/mol. The molecule has 0 radical (unpaired) electrons. The zero-order chi connectivity index (χ0) is 16.4. The van der Waals surface area contributed by atoms with Crippen molar-refractivity contribution < 1.29 is 16.2 Å². The first kappa shape index (κ1) is 20.0. The summed E-state index contributed by atoms with van der Waals surface area (Å²) >= 11 is -1.62. The Kier molecular flexibility index (Phi) is 10.2. The third-order valence-corrected chi connectivity index (χ3v) is 2.05. The number of carbonyl (C=O) groups excluding carboxylic acids is 1. The second kappa shape index (κ2) is 10.7. The van der Waals surface area contributed by atoms with Crippen molar-refractivity contribution in [2.45, 2.75) is 6.92 Å². The maximum atomic E-state index is 11.8. The third kappa shape index (κ3) is 7.52. The molecule has 0 fully saturated rings. The molecule has 0 spiro atoms. The first-order chi connectivity index (χ1) is 9.84. The molecular weight excluding hydrogens is 377 g/mol. The van der Waals surface area contributed by atoms with Crippen LogP contribution >= 0.6 is 30.1 Å². The summed E-state index contributed by atoms with van der Waals surface area (Å²) in [6.45, 7) is 1.43. The number of aryl methyl sites for hydroxylation is 2. The van der Waals surface area contributed by atoms with Crippen molar-refractivity contribution >= 4 is 35.9 Å². The van der Waals surface area contributed by atoms with Crippen molar-refractivity contribution in [1.29, 1.82) is 5.26 Å². The summed E-state index contributed by atoms with van der Waals surface area (Å²) in [4.78, 5) is 19.8. The molecule has 2 heterocycles. The van der Waals surface area contributed by atoms with Gasteiger partial charge in [0.05, 0.1) is 6.07 Å². The minimum absolute atomic E-state index is 0.162. The van der Waals surface area contributed by atoms with Crippen LogP contribution in [0.2, 0.25) is 0 Å². The molecule has 0 aliphatic rings. The average Bonchev–Trinajstić information content (AvgIpc) is 2.97. The van der Waals surface area contributed by atoms with Crippen LogP contribution in [-0.4, -0.2) is 24.9 Å². The van der Waals surface area contributed by atoms with Gasteiger partial charge in [0.15, 0.2) is 11.6 Å². The van der Waals surface area contributed by atoms with Crippen LogP contribution in [0.15, 0.2) is 24.8 Å². The van der Waals surface area contributed by atoms with E-state index in [1.807, 2.05) is 0 Å². The topological polar surface area (TPSA) is 76.5 Å². The summed E-state index contributed by atoms with van der Waals surface area (Å²) in [5.74, 6) is 0.642. The summed E-state index contributed by atoms with van der Waals surface area (Å²) in [5.41, 5.74) is 0. The number of carbonyl (C=O) groups is 1. The Hall–Kier alpha value is -1.02. The van der Waals surface area contributed by atoms with Gasteiger partial charge in [0.2, 0.25) is 0 Å². The molecule has 0 aliphatic heterocycles. The second-order valence-electron chi connectivity index (χ2n) is 3.45. The number of hydrogen-bond donors (Lipinski definition) is 0. The Balaban J connectivity index is 0.000000486. The standard InChI is InChI=1S/C9H10N4O.C2H3N.3ClH.Cr/c1-12-5-3-10-8(12)7(14)9-11-4-6-13(9)2;1-2-3;;;;/h3-6H,1-2H3;1H3;3*1H;/q;;;;;+3/p-3. The summed E-state index contributed by atoms with van der Waals surface area (Å²) < 4.78 is 3.36. The van der Waals surface area contributed by atoms with Gasteiger partial charge in [0, 0.05) is 45.8 Å². The van der Waals surface area contributed by atoms with Crippen LogP contribution in [0, 0.1) is 11.3 Å². The van der Waals surface area contributed by atoms with Gasteiger partial charge < -0.3 is 9.13 Å². The SMILES string of the molecule is CC#N.Cn1ccnc1C(=O)c1nccn1C.[Cl][Cr]([Cl])[Cl]. The first-order valence-corrected chi connectivity index (χ1v) is 10.6. The first-order valence-electron chi connectivity index (χ1n) is 5.38. The van der Waals surface area contributed by atoms with E-state index < -0.39 is 11.4 Å². The Morgan fingerprint density at radius 3 is 1.62 bits per heavy atom. The monoisotopic (exact) mass is 388 g/mol. The fourth-order valence-electron chi connectivity index (χ4n) is 1.27. The number of imidazole rings is 2. The van der Waals surface area contributed by atoms with Crippen molar-refractivity contribution in [1.82, 2.24) is 19.1 Å². The molecule has 0 unspecified atom stereocenters. The quantitative estimate of drug-likeness (QED) is 0.740. The fraction of sp³-hybridized carbons (Fsp3) is 0.273. The van der Waals surface area contributed by atoms with Crippen LogP contribution in [0.3, 0.4) is 0 Å². The molecular formula is C11H13Cl3CrN5O. The van der Waals surface area contributed by atoms with Crippen molar-refractivity contribution in [3.05, 3.63) is 36.4 Å². The number of hydrogen-bond acceptors (Lipinski definition) is 4. The van der Waals surface area contributed by atoms with Gasteiger partial charge in [-0.2, -0.15) is 5.26 Å². The number of ketones is 1. The molecule has 2 rings (SSSR count). The number of aromatic nitrogens is 4. The Morgan fingerprint density at radius 2 is 1.43 bits per heavy atom. The zero-order valence-electron chi connectivity index (χ0n) is 11.5. The summed E-state index contributed by atoms with van der Waals surface area (Å²) in [6, 6.07) is 1.75. The van der Waals surface area contributed by atoms with Crippen LogP contribution in [0.5, 0.6) is 0 Å². The van der Waals surface area contributed by atoms with Gasteiger partial charge in [-0.1, -0.05) is 0 Å². The van der Waals surface area contributed by atoms with E-state index in [-0.39, 0.29) is 5.78 Å². The molecule has 115 valence electrons. The van der Waals surface area contributed by atoms with Gasteiger partial charge >= 0.3 is 41.5 Å². The molecule has 10 heteroatoms. The van der Waals surface area contributed by atoms with Gasteiger partial charge in [-0.15, -0.1) is 0 Å². The van der Waals surface area contributed by atoms with E-state index in [0.717, 1.165) is 0 Å². The van der Waals surface area contributed by atoms with E-state index in [1.54, 1.807) is 54.1 Å². The van der Waals surface area contributed by atoms with E-state index in [0.29, 0.717) is 11.6 Å². The summed E-state index contributed by atoms with van der Waals surface area (Å²) in [7, 11) is 18.4. The van der Waals surface area contributed by atoms with E-state index >= 15 is 0 Å². The molecule has 0 saturated carbocycles. The molecule has 6 nitrogen and oxygen atoms in total. The van der Waals surface area contributed by atoms with Crippen molar-refractivity contribution in [2.24, 2.45) is 14.1 Å². The van der Waals surface area contributed by atoms with E-state index in [9.17, 15) is 4.79 Å². The second-order valence-corrected chi connectivity index (χ2v) is 9.77. The van der Waals surface area contributed by atoms with E-state index in [2.05, 4.69) is 9.97 Å². The van der Waals surface area contributed by atoms with Crippen LogP contribution in [0.25, 0.3) is 0 Å². The van der Waals surface area contributed by atoms with Gasteiger partial charge in [0.25, 0.3) is 5.78 Å². The van der Waals surface area contributed by atoms with Crippen LogP contribution in [-0.2, 0) is 25.5 Å². The number of rotatable bonds is 2. The minimum atomic E-state index is -1.62. The van der Waals surface area contributed by atoms with Crippen molar-refractivity contribution in [3.8, 4) is 6.07 Å². The number of nitrogens with zero attached hydrogens (tertiary/aromatic N) is 5. The summed E-state index contributed by atoms with van der Waals surface area (Å²) in [6.07, 6.45) is 6.65. The Labute approximate surface area is 139 Å². The van der Waals surface area contributed by atoms with Crippen molar-refractivity contribution in [3.63, 3.8) is 0 Å². The van der Waals surface area contributed by atoms with E-state index in [4.69, 9.17) is 35.4 Å². The molecule has 0 atom stereocenters. The van der Waals surface area contributed by atoms with Crippen molar-refractivity contribution in [2.75, 3.05) is 0 Å². The normalized spacial score (nSPS) is 9.05. The maximum absolute atomic E-state index is 11.8. The molecule has 0 amide bonds. The molecule has 0 bridgehead atoms. The van der Waals surface area contributed by atoms with Gasteiger partial charge in [0.1, 0.15) is 0 Å². The molecule has 21 heavy (non-hydrogen) atoms. The average molecular weight is 390 g/mol. The number of nitriles is 1. The van der Waals surface area contributed by atoms with Crippen LogP contribution in [0.1, 0.15) is 23.4 Å². The van der Waals surface area contributed by atoms with E-state index in [1.165, 1.54) is 6.92 Å². The van der Waals surface area contributed by atoms with Gasteiger partial charge in [-0.05, 0) is 0 Å². The molecule has 0 aliphatic carbocycles. The molecule has 0 saturated heterocycles. The number of halogens is 3. The molecule has 2 aromatic rings. The Bertz CT molecular complexity index is 560. The predicted octanol–water partition coefficient (Wildman–Crippen LogP) is 2.98. The molecule has 0 N–H and O–H groups in total. The Morgan fingerprint density at radius 1 is 1.14 bits per heavy atom.